The number of nitrogens with zero attached hydrogens (tertiary/aromatic N) is 6. The van der Waals surface area contributed by atoms with E-state index in [-0.39, 0.29) is 0 Å². The lowest BCUT2D eigenvalue weighted by Gasteiger charge is -2.09. The summed E-state index contributed by atoms with van der Waals surface area (Å²) in [7, 11) is 0. The van der Waals surface area contributed by atoms with Crippen LogP contribution in [-0.2, 0) is 19.4 Å². The number of hydrogen-bond acceptors (Lipinski definition) is 5. The predicted octanol–water partition coefficient (Wildman–Crippen LogP) is 4.47. The molecule has 0 saturated heterocycles. The van der Waals surface area contributed by atoms with E-state index in [1.54, 1.807) is 0 Å². The van der Waals surface area contributed by atoms with Gasteiger partial charge in [0.25, 0.3) is 0 Å². The fourth-order valence-electron chi connectivity index (χ4n) is 3.73. The van der Waals surface area contributed by atoms with Gasteiger partial charge in [-0.05, 0) is 28.3 Å². The number of unbranched alkanes of at least 4 members (excludes halogenated alkanes) is 2. The van der Waals surface area contributed by atoms with Crippen molar-refractivity contribution < 1.29 is 0 Å². The number of tetrazole rings is 1. The van der Waals surface area contributed by atoms with Crippen LogP contribution in [0.1, 0.15) is 49.8 Å². The van der Waals surface area contributed by atoms with Crippen LogP contribution in [0.3, 0.4) is 0 Å². The van der Waals surface area contributed by atoms with E-state index < -0.39 is 0 Å². The summed E-state index contributed by atoms with van der Waals surface area (Å²) in [6.45, 7) is 2.88. The van der Waals surface area contributed by atoms with Gasteiger partial charge in [0.1, 0.15) is 5.82 Å². The molecular formula is C25H27N7. The zero-order valence-corrected chi connectivity index (χ0v) is 18.3. The first kappa shape index (κ1) is 21.4. The van der Waals surface area contributed by atoms with Crippen molar-refractivity contribution >= 4 is 0 Å². The van der Waals surface area contributed by atoms with E-state index >= 15 is 0 Å². The van der Waals surface area contributed by atoms with Gasteiger partial charge in [0.15, 0.2) is 5.82 Å². The Kier molecular flexibility index (Phi) is 7.03. The molecule has 0 unspecified atom stereocenters. The number of benzene rings is 2. The number of aryl methyl sites for hydroxylation is 2. The molecule has 0 atom stereocenters. The second-order valence-corrected chi connectivity index (χ2v) is 7.74. The number of rotatable bonds is 10. The summed E-state index contributed by atoms with van der Waals surface area (Å²) in [5.74, 6) is 5.17. The number of terminal acetylenes is 1. The minimum Gasteiger partial charge on any atom is -0.245 e. The Hall–Kier alpha value is -3.79. The minimum absolute atomic E-state index is 0.584. The van der Waals surface area contributed by atoms with Crippen LogP contribution in [0.2, 0.25) is 0 Å². The molecule has 0 bridgehead atoms. The van der Waals surface area contributed by atoms with Gasteiger partial charge in [-0.1, -0.05) is 68.3 Å². The molecule has 4 rings (SSSR count). The van der Waals surface area contributed by atoms with Crippen molar-refractivity contribution in [2.75, 3.05) is 0 Å². The Morgan fingerprint density at radius 2 is 1.81 bits per heavy atom. The van der Waals surface area contributed by atoms with Gasteiger partial charge in [-0.15, -0.1) is 22.5 Å². The normalized spacial score (nSPS) is 10.9. The Labute approximate surface area is 188 Å². The van der Waals surface area contributed by atoms with Gasteiger partial charge in [-0.25, -0.2) is 9.67 Å². The molecule has 2 aromatic heterocycles. The van der Waals surface area contributed by atoms with Gasteiger partial charge in [-0.3, -0.25) is 0 Å². The molecule has 7 nitrogen and oxygen atoms in total. The lowest BCUT2D eigenvalue weighted by molar-refractivity contribution is 0.623. The van der Waals surface area contributed by atoms with E-state index in [1.807, 2.05) is 22.9 Å². The highest BCUT2D eigenvalue weighted by molar-refractivity contribution is 5.80. The van der Waals surface area contributed by atoms with Crippen LogP contribution in [0.4, 0.5) is 0 Å². The zero-order chi connectivity index (χ0) is 22.2. The van der Waals surface area contributed by atoms with Crippen molar-refractivity contribution in [2.45, 2.75) is 52.0 Å². The van der Waals surface area contributed by atoms with Crippen LogP contribution < -0.4 is 0 Å². The van der Waals surface area contributed by atoms with E-state index in [1.165, 1.54) is 12.8 Å². The summed E-state index contributed by atoms with van der Waals surface area (Å²) in [5, 5.41) is 19.2. The number of aromatic amines is 1. The fraction of sp³-hybridized carbons (Fsp3) is 0.320. The van der Waals surface area contributed by atoms with Gasteiger partial charge in [0, 0.05) is 24.8 Å². The quantitative estimate of drug-likeness (QED) is 0.299. The molecule has 0 amide bonds. The van der Waals surface area contributed by atoms with Crippen LogP contribution >= 0.6 is 0 Å². The number of aromatic nitrogens is 7. The van der Waals surface area contributed by atoms with Crippen molar-refractivity contribution in [1.29, 1.82) is 0 Å². The van der Waals surface area contributed by atoms with Crippen LogP contribution in [0, 0.1) is 12.3 Å². The molecular weight excluding hydrogens is 398 g/mol. The minimum atomic E-state index is 0.584. The van der Waals surface area contributed by atoms with E-state index in [2.05, 4.69) is 63.8 Å². The molecule has 0 aliphatic carbocycles. The average molecular weight is 426 g/mol. The summed E-state index contributed by atoms with van der Waals surface area (Å²) < 4.78 is 2.00. The highest BCUT2D eigenvalue weighted by Crippen LogP contribution is 2.29. The average Bonchev–Trinajstić information content (AvgIpc) is 3.49. The molecule has 0 aliphatic heterocycles. The van der Waals surface area contributed by atoms with Crippen molar-refractivity contribution in [3.05, 3.63) is 65.7 Å². The largest absolute Gasteiger partial charge is 0.245 e. The second kappa shape index (κ2) is 10.5. The number of H-pyrrole nitrogens is 1. The summed E-state index contributed by atoms with van der Waals surface area (Å²) in [5.41, 5.74) is 4.27. The molecule has 1 N–H and O–H groups in total. The molecule has 0 spiro atoms. The summed E-state index contributed by atoms with van der Waals surface area (Å²) in [6, 6.07) is 16.6. The third kappa shape index (κ3) is 5.09. The Bertz CT molecular complexity index is 1170. The predicted molar refractivity (Wildman–Crippen MR) is 125 cm³/mol. The summed E-state index contributed by atoms with van der Waals surface area (Å²) in [6.07, 6.45) is 11.3. The van der Waals surface area contributed by atoms with Gasteiger partial charge >= 0.3 is 0 Å². The molecule has 32 heavy (non-hydrogen) atoms. The topological polar surface area (TPSA) is 85.2 Å². The highest BCUT2D eigenvalue weighted by Gasteiger charge is 2.12. The van der Waals surface area contributed by atoms with Crippen LogP contribution in [-0.4, -0.2) is 35.4 Å². The monoisotopic (exact) mass is 425 g/mol. The molecule has 0 aliphatic rings. The number of nitrogens with one attached hydrogen (secondary N) is 1. The first-order valence-electron chi connectivity index (χ1n) is 11.1. The smallest absolute Gasteiger partial charge is 0.205 e. The third-order valence-corrected chi connectivity index (χ3v) is 5.40. The zero-order valence-electron chi connectivity index (χ0n) is 18.3. The Morgan fingerprint density at radius 1 is 1.00 bits per heavy atom. The number of hydrogen-bond donors (Lipinski definition) is 1. The molecule has 2 heterocycles. The third-order valence-electron chi connectivity index (χ3n) is 5.40. The Balaban J connectivity index is 1.54. The van der Waals surface area contributed by atoms with Crippen molar-refractivity contribution in [3.63, 3.8) is 0 Å². The lowest BCUT2D eigenvalue weighted by Crippen LogP contribution is -2.07. The molecule has 0 saturated carbocycles. The SMILES string of the molecule is C#CCCc1nc(CCCCC)nn1Cc1ccc(-c2ccccc2-c2nn[nH]n2)cc1. The molecule has 162 valence electrons. The maximum absolute atomic E-state index is 5.48. The fourth-order valence-corrected chi connectivity index (χ4v) is 3.73. The maximum atomic E-state index is 5.48. The van der Waals surface area contributed by atoms with Crippen LogP contribution in [0.15, 0.2) is 48.5 Å². The summed E-state index contributed by atoms with van der Waals surface area (Å²) >= 11 is 0. The van der Waals surface area contributed by atoms with E-state index in [4.69, 9.17) is 16.5 Å². The second-order valence-electron chi connectivity index (χ2n) is 7.74. The first-order valence-corrected chi connectivity index (χ1v) is 11.1. The van der Waals surface area contributed by atoms with Crippen molar-refractivity contribution in [1.82, 2.24) is 35.4 Å². The lowest BCUT2D eigenvalue weighted by atomic mass is 9.98. The van der Waals surface area contributed by atoms with Gasteiger partial charge in [0.2, 0.25) is 5.82 Å². The standard InChI is InChI=1S/C25H27N7/c1-3-5-7-12-23-26-24(13-6-4-2)32(29-23)18-19-14-16-20(17-15-19)21-10-8-9-11-22(21)25-27-30-31-28-25/h2,8-11,14-17H,3,5-7,12-13,18H2,1H3,(H,27,28,30,31). The molecule has 4 aromatic rings. The maximum Gasteiger partial charge on any atom is 0.205 e. The van der Waals surface area contributed by atoms with Crippen molar-refractivity contribution in [2.24, 2.45) is 0 Å². The van der Waals surface area contributed by atoms with E-state index in [9.17, 15) is 0 Å². The van der Waals surface area contributed by atoms with Crippen LogP contribution in [0.5, 0.6) is 0 Å². The van der Waals surface area contributed by atoms with E-state index in [0.717, 1.165) is 53.2 Å². The molecule has 0 radical (unpaired) electrons. The first-order chi connectivity index (χ1) is 15.8. The van der Waals surface area contributed by atoms with Crippen molar-refractivity contribution in [3.8, 4) is 34.9 Å². The van der Waals surface area contributed by atoms with Gasteiger partial charge in [-0.2, -0.15) is 10.3 Å². The van der Waals surface area contributed by atoms with Gasteiger partial charge in [0.05, 0.1) is 6.54 Å². The van der Waals surface area contributed by atoms with E-state index in [0.29, 0.717) is 18.8 Å². The summed E-state index contributed by atoms with van der Waals surface area (Å²) in [4.78, 5) is 4.75. The van der Waals surface area contributed by atoms with Crippen LogP contribution in [0.25, 0.3) is 22.5 Å². The Morgan fingerprint density at radius 3 is 2.53 bits per heavy atom. The highest BCUT2D eigenvalue weighted by atomic mass is 15.5. The molecule has 7 heteroatoms. The molecule has 0 fully saturated rings. The molecule has 2 aromatic carbocycles. The van der Waals surface area contributed by atoms with Gasteiger partial charge < -0.3 is 0 Å².